The Bertz CT molecular complexity index is 1120. The van der Waals surface area contributed by atoms with Crippen molar-refractivity contribution in [3.05, 3.63) is 45.7 Å². The van der Waals surface area contributed by atoms with Gasteiger partial charge in [0.15, 0.2) is 5.16 Å². The van der Waals surface area contributed by atoms with E-state index in [1.54, 1.807) is 6.92 Å². The third kappa shape index (κ3) is 2.92. The van der Waals surface area contributed by atoms with Crippen molar-refractivity contribution >= 4 is 23.5 Å². The van der Waals surface area contributed by atoms with E-state index in [1.807, 2.05) is 18.2 Å². The van der Waals surface area contributed by atoms with Crippen LogP contribution in [0.3, 0.4) is 0 Å². The van der Waals surface area contributed by atoms with Crippen LogP contribution in [0.4, 0.5) is 0 Å². The molecule has 1 atom stereocenters. The molecule has 0 amide bonds. The molecule has 0 saturated carbocycles. The molecule has 0 aliphatic heterocycles. The molecule has 1 aromatic carbocycles. The second-order valence-corrected chi connectivity index (χ2v) is 8.09. The maximum absolute atomic E-state index is 13.5. The number of nitrogens with one attached hydrogen (secondary N) is 1. The number of aromatic amines is 1. The molecule has 7 nitrogen and oxygen atoms in total. The van der Waals surface area contributed by atoms with Crippen LogP contribution in [0.5, 0.6) is 0 Å². The quantitative estimate of drug-likeness (QED) is 0.525. The third-order valence-electron chi connectivity index (χ3n) is 5.39. The summed E-state index contributed by atoms with van der Waals surface area (Å²) < 4.78 is 6.44. The van der Waals surface area contributed by atoms with Crippen molar-refractivity contribution in [1.82, 2.24) is 19.6 Å². The van der Waals surface area contributed by atoms with Crippen molar-refractivity contribution in [1.29, 1.82) is 0 Å². The molecule has 28 heavy (non-hydrogen) atoms. The van der Waals surface area contributed by atoms with Crippen molar-refractivity contribution < 1.29 is 9.53 Å². The van der Waals surface area contributed by atoms with Crippen molar-refractivity contribution in [2.24, 2.45) is 0 Å². The van der Waals surface area contributed by atoms with E-state index in [0.29, 0.717) is 23.1 Å². The number of benzene rings is 1. The highest BCUT2D eigenvalue weighted by molar-refractivity contribution is 7.99. The first-order valence-electron chi connectivity index (χ1n) is 9.36. The third-order valence-corrected chi connectivity index (χ3v) is 6.30. The summed E-state index contributed by atoms with van der Waals surface area (Å²) >= 11 is 1.17. The molecule has 146 valence electrons. The van der Waals surface area contributed by atoms with E-state index in [0.717, 1.165) is 24.1 Å². The lowest BCUT2D eigenvalue weighted by molar-refractivity contribution is -0.139. The fourth-order valence-corrected chi connectivity index (χ4v) is 4.54. The van der Waals surface area contributed by atoms with E-state index in [1.165, 1.54) is 21.7 Å². The lowest BCUT2D eigenvalue weighted by Crippen LogP contribution is -2.37. The number of aromatic nitrogens is 4. The predicted octanol–water partition coefficient (Wildman–Crippen LogP) is 2.96. The Morgan fingerprint density at radius 3 is 2.89 bits per heavy atom. The first-order valence-corrected chi connectivity index (χ1v) is 10.4. The van der Waals surface area contributed by atoms with Crippen LogP contribution in [0.1, 0.15) is 38.3 Å². The van der Waals surface area contributed by atoms with Crippen LogP contribution in [0.25, 0.3) is 17.0 Å². The zero-order valence-electron chi connectivity index (χ0n) is 16.1. The van der Waals surface area contributed by atoms with Gasteiger partial charge in [0, 0.05) is 11.0 Å². The van der Waals surface area contributed by atoms with Crippen LogP contribution in [0.2, 0.25) is 0 Å². The highest BCUT2D eigenvalue weighted by Gasteiger charge is 2.38. The molecule has 2 aromatic heterocycles. The monoisotopic (exact) mass is 398 g/mol. The molecule has 1 aliphatic carbocycles. The van der Waals surface area contributed by atoms with Crippen molar-refractivity contribution in [3.63, 3.8) is 0 Å². The highest BCUT2D eigenvalue weighted by Crippen LogP contribution is 2.42. The fraction of sp³-hybridized carbons (Fsp3) is 0.400. The summed E-state index contributed by atoms with van der Waals surface area (Å²) in [5.74, 6) is 0.130. The molecule has 0 bridgehead atoms. The van der Waals surface area contributed by atoms with E-state index < -0.39 is 0 Å². The van der Waals surface area contributed by atoms with E-state index in [2.05, 4.69) is 30.1 Å². The Morgan fingerprint density at radius 1 is 1.36 bits per heavy atom. The van der Waals surface area contributed by atoms with E-state index in [-0.39, 0.29) is 22.7 Å². The summed E-state index contributed by atoms with van der Waals surface area (Å²) in [5, 5.41) is 7.48. The number of nitrogens with zero attached hydrogens (tertiary/aromatic N) is 3. The van der Waals surface area contributed by atoms with Crippen molar-refractivity contribution in [2.45, 2.75) is 44.2 Å². The Hall–Kier alpha value is -2.61. The molecule has 8 heteroatoms. The average molecular weight is 398 g/mol. The van der Waals surface area contributed by atoms with Gasteiger partial charge in [-0.1, -0.05) is 49.9 Å². The SMILES string of the molecule is CCOC(=O)CSc1n[nH]c2nc3c(c(=O)n12)[C@@](C)(CC)Cc1ccccc1-3. The van der Waals surface area contributed by atoms with Crippen LogP contribution in [0.15, 0.2) is 34.2 Å². The van der Waals surface area contributed by atoms with Crippen LogP contribution in [0, 0.1) is 0 Å². The summed E-state index contributed by atoms with van der Waals surface area (Å²) in [6.45, 7) is 6.29. The standard InChI is InChI=1S/C20H22N4O3S/c1-4-20(3)10-12-8-6-7-9-13(12)16-15(20)17(26)24-18(21-16)22-23-19(24)28-11-14(25)27-5-2/h6-9H,4-5,10-11H2,1-3H3,(H,21,22)/t20-/m0/s1. The van der Waals surface area contributed by atoms with Crippen LogP contribution in [-0.2, 0) is 21.4 Å². The topological polar surface area (TPSA) is 89.3 Å². The van der Waals surface area contributed by atoms with Gasteiger partial charge < -0.3 is 4.74 Å². The number of carbonyl (C=O) groups excluding carboxylic acids is 1. The van der Waals surface area contributed by atoms with Crippen molar-refractivity contribution in [2.75, 3.05) is 12.4 Å². The number of ether oxygens (including phenoxy) is 1. The molecular weight excluding hydrogens is 376 g/mol. The summed E-state index contributed by atoms with van der Waals surface area (Å²) in [4.78, 5) is 30.0. The Kier molecular flexibility index (Phi) is 4.74. The predicted molar refractivity (Wildman–Crippen MR) is 108 cm³/mol. The average Bonchev–Trinajstić information content (AvgIpc) is 3.10. The minimum absolute atomic E-state index is 0.0885. The molecule has 4 rings (SSSR count). The number of H-pyrrole nitrogens is 1. The second-order valence-electron chi connectivity index (χ2n) is 7.15. The summed E-state index contributed by atoms with van der Waals surface area (Å²) in [6, 6.07) is 8.10. The zero-order valence-corrected chi connectivity index (χ0v) is 16.9. The molecule has 1 aliphatic rings. The number of thioether (sulfide) groups is 1. The number of rotatable bonds is 5. The Balaban J connectivity index is 1.88. The number of carbonyl (C=O) groups is 1. The molecule has 3 aromatic rings. The Morgan fingerprint density at radius 2 is 2.14 bits per heavy atom. The number of hydrogen-bond donors (Lipinski definition) is 1. The van der Waals surface area contributed by atoms with Gasteiger partial charge in [0.2, 0.25) is 5.78 Å². The lowest BCUT2D eigenvalue weighted by Gasteiger charge is -2.34. The fourth-order valence-electron chi connectivity index (χ4n) is 3.80. The number of fused-ring (bicyclic) bond motifs is 4. The van der Waals surface area contributed by atoms with Gasteiger partial charge in [0.25, 0.3) is 5.56 Å². The van der Waals surface area contributed by atoms with Gasteiger partial charge in [0.1, 0.15) is 0 Å². The molecule has 0 saturated heterocycles. The maximum atomic E-state index is 13.5. The van der Waals surface area contributed by atoms with Gasteiger partial charge in [0.05, 0.1) is 23.6 Å². The first kappa shape index (κ1) is 18.7. The molecule has 2 heterocycles. The second kappa shape index (κ2) is 7.09. The van der Waals surface area contributed by atoms with E-state index >= 15 is 0 Å². The van der Waals surface area contributed by atoms with Gasteiger partial charge in [-0.2, -0.15) is 0 Å². The molecule has 0 spiro atoms. The number of esters is 1. The van der Waals surface area contributed by atoms with Crippen molar-refractivity contribution in [3.8, 4) is 11.3 Å². The van der Waals surface area contributed by atoms with Gasteiger partial charge in [-0.05, 0) is 25.3 Å². The minimum atomic E-state index is -0.338. The lowest BCUT2D eigenvalue weighted by atomic mass is 9.69. The largest absolute Gasteiger partial charge is 0.465 e. The van der Waals surface area contributed by atoms with Gasteiger partial charge in [-0.15, -0.1) is 5.10 Å². The van der Waals surface area contributed by atoms with Crippen LogP contribution < -0.4 is 5.56 Å². The normalized spacial score (nSPS) is 18.0. The van der Waals surface area contributed by atoms with Gasteiger partial charge in [-0.25, -0.2) is 14.5 Å². The summed E-state index contributed by atoms with van der Waals surface area (Å²) in [6.07, 6.45) is 1.61. The van der Waals surface area contributed by atoms with Gasteiger partial charge in [-0.3, -0.25) is 9.59 Å². The number of hydrogen-bond acceptors (Lipinski definition) is 6. The van der Waals surface area contributed by atoms with Crippen LogP contribution >= 0.6 is 11.8 Å². The van der Waals surface area contributed by atoms with E-state index in [4.69, 9.17) is 9.72 Å². The molecular formula is C20H22N4O3S. The molecule has 1 N–H and O–H groups in total. The smallest absolute Gasteiger partial charge is 0.316 e. The summed E-state index contributed by atoms with van der Waals surface area (Å²) in [7, 11) is 0. The maximum Gasteiger partial charge on any atom is 0.316 e. The Labute approximate surface area is 166 Å². The minimum Gasteiger partial charge on any atom is -0.465 e. The molecule has 0 fully saturated rings. The molecule has 0 radical (unpaired) electrons. The first-order chi connectivity index (χ1) is 13.5. The van der Waals surface area contributed by atoms with E-state index in [9.17, 15) is 9.59 Å². The highest BCUT2D eigenvalue weighted by atomic mass is 32.2. The van der Waals surface area contributed by atoms with Crippen LogP contribution in [-0.4, -0.2) is 37.9 Å². The summed E-state index contributed by atoms with van der Waals surface area (Å²) in [5.41, 5.74) is 3.20. The molecule has 0 unspecified atom stereocenters. The zero-order chi connectivity index (χ0) is 19.9. The van der Waals surface area contributed by atoms with Gasteiger partial charge >= 0.3 is 5.97 Å².